The molecular formula is C21H28FN. The molecule has 2 rings (SSSR count). The van der Waals surface area contributed by atoms with Crippen molar-refractivity contribution < 1.29 is 4.39 Å². The second kappa shape index (κ2) is 10.2. The van der Waals surface area contributed by atoms with Gasteiger partial charge < -0.3 is 0 Å². The zero-order chi connectivity index (χ0) is 16.3. The zero-order valence-electron chi connectivity index (χ0n) is 14.0. The topological polar surface area (TPSA) is 23.8 Å². The molecule has 0 saturated heterocycles. The van der Waals surface area contributed by atoms with Crippen molar-refractivity contribution in [1.29, 1.82) is 5.26 Å². The second-order valence-corrected chi connectivity index (χ2v) is 6.74. The minimum Gasteiger partial charge on any atom is -0.251 e. The Kier molecular flexibility index (Phi) is 7.87. The van der Waals surface area contributed by atoms with Gasteiger partial charge in [0.15, 0.2) is 0 Å². The summed E-state index contributed by atoms with van der Waals surface area (Å²) < 4.78 is 12.0. The number of hydrogen-bond donors (Lipinski definition) is 0. The first-order chi connectivity index (χ1) is 11.3. The average molecular weight is 313 g/mol. The van der Waals surface area contributed by atoms with Gasteiger partial charge in [-0.25, -0.2) is 0 Å². The van der Waals surface area contributed by atoms with E-state index in [1.54, 1.807) is 0 Å². The molecule has 23 heavy (non-hydrogen) atoms. The van der Waals surface area contributed by atoms with Crippen LogP contribution in [0.5, 0.6) is 0 Å². The second-order valence-electron chi connectivity index (χ2n) is 6.74. The lowest BCUT2D eigenvalue weighted by Crippen LogP contribution is -2.13. The van der Waals surface area contributed by atoms with Crippen LogP contribution in [0, 0.1) is 23.2 Å². The van der Waals surface area contributed by atoms with Gasteiger partial charge in [-0.05, 0) is 87.3 Å². The highest BCUT2D eigenvalue weighted by Crippen LogP contribution is 2.32. The van der Waals surface area contributed by atoms with Gasteiger partial charge in [-0.3, -0.25) is 4.39 Å². The summed E-state index contributed by atoms with van der Waals surface area (Å²) in [5.41, 5.74) is 2.09. The van der Waals surface area contributed by atoms with Crippen LogP contribution in [0.3, 0.4) is 0 Å². The molecular weight excluding hydrogens is 285 g/mol. The van der Waals surface area contributed by atoms with Crippen molar-refractivity contribution in [3.05, 3.63) is 47.5 Å². The molecule has 1 aromatic rings. The van der Waals surface area contributed by atoms with Crippen LogP contribution in [-0.4, -0.2) is 6.67 Å². The Morgan fingerprint density at radius 1 is 1.09 bits per heavy atom. The summed E-state index contributed by atoms with van der Waals surface area (Å²) in [6.45, 7) is -0.182. The molecule has 0 heterocycles. The number of halogens is 1. The van der Waals surface area contributed by atoms with Crippen molar-refractivity contribution >= 4 is 0 Å². The van der Waals surface area contributed by atoms with Gasteiger partial charge in [-0.15, -0.1) is 0 Å². The molecule has 0 radical (unpaired) electrons. The van der Waals surface area contributed by atoms with E-state index in [2.05, 4.69) is 30.4 Å². The van der Waals surface area contributed by atoms with Crippen LogP contribution in [0.15, 0.2) is 36.4 Å². The number of nitriles is 1. The third-order valence-corrected chi connectivity index (χ3v) is 4.98. The summed E-state index contributed by atoms with van der Waals surface area (Å²) in [5.74, 6) is 1.59. The maximum absolute atomic E-state index is 12.0. The summed E-state index contributed by atoms with van der Waals surface area (Å²) in [5, 5.41) is 8.82. The lowest BCUT2D eigenvalue weighted by Gasteiger charge is -2.26. The SMILES string of the molecule is N#Cc1ccc(CCC2CCC(/C=C/CCCCF)CC2)cc1. The molecule has 0 bridgehead atoms. The number of hydrogen-bond acceptors (Lipinski definition) is 1. The Morgan fingerprint density at radius 3 is 2.48 bits per heavy atom. The highest BCUT2D eigenvalue weighted by molar-refractivity contribution is 5.31. The molecule has 0 N–H and O–H groups in total. The van der Waals surface area contributed by atoms with Crippen molar-refractivity contribution in [2.45, 2.75) is 57.8 Å². The third kappa shape index (κ3) is 6.57. The number of unbranched alkanes of at least 4 members (excludes halogenated alkanes) is 2. The van der Waals surface area contributed by atoms with Gasteiger partial charge in [0.2, 0.25) is 0 Å². The normalized spacial score (nSPS) is 21.4. The summed E-state index contributed by atoms with van der Waals surface area (Å²) in [6.07, 6.45) is 15.0. The van der Waals surface area contributed by atoms with Crippen LogP contribution in [0.1, 0.15) is 62.5 Å². The van der Waals surface area contributed by atoms with E-state index in [1.165, 1.54) is 37.7 Å². The molecule has 1 fully saturated rings. The molecule has 124 valence electrons. The van der Waals surface area contributed by atoms with Gasteiger partial charge in [0, 0.05) is 0 Å². The number of nitrogens with zero attached hydrogens (tertiary/aromatic N) is 1. The molecule has 1 saturated carbocycles. The first kappa shape index (κ1) is 17.7. The van der Waals surface area contributed by atoms with Crippen LogP contribution in [0.2, 0.25) is 0 Å². The van der Waals surface area contributed by atoms with E-state index in [4.69, 9.17) is 5.26 Å². The molecule has 1 nitrogen and oxygen atoms in total. The maximum atomic E-state index is 12.0. The van der Waals surface area contributed by atoms with Crippen LogP contribution in [0.4, 0.5) is 4.39 Å². The van der Waals surface area contributed by atoms with E-state index < -0.39 is 0 Å². The minimum absolute atomic E-state index is 0.182. The van der Waals surface area contributed by atoms with Crippen molar-refractivity contribution in [2.24, 2.45) is 11.8 Å². The Hall–Kier alpha value is -1.62. The Bertz CT molecular complexity index is 504. The predicted octanol–water partition coefficient (Wildman–Crippen LogP) is 5.99. The number of benzene rings is 1. The van der Waals surface area contributed by atoms with Crippen molar-refractivity contribution in [1.82, 2.24) is 0 Å². The van der Waals surface area contributed by atoms with Crippen molar-refractivity contribution in [3.63, 3.8) is 0 Å². The molecule has 1 aliphatic carbocycles. The lowest BCUT2D eigenvalue weighted by atomic mass is 9.79. The molecule has 0 aromatic heterocycles. The quantitative estimate of drug-likeness (QED) is 0.427. The molecule has 1 aromatic carbocycles. The van der Waals surface area contributed by atoms with Crippen LogP contribution >= 0.6 is 0 Å². The van der Waals surface area contributed by atoms with Crippen LogP contribution in [-0.2, 0) is 6.42 Å². The maximum Gasteiger partial charge on any atom is 0.0991 e. The zero-order valence-corrected chi connectivity index (χ0v) is 14.0. The fourth-order valence-electron chi connectivity index (χ4n) is 3.43. The highest BCUT2D eigenvalue weighted by atomic mass is 19.1. The standard InChI is InChI=1S/C21H28FN/c22-16-4-2-1-3-5-18-6-8-19(9-7-18)10-11-20-12-14-21(17-23)15-13-20/h3,5,12-15,18-19H,1-2,4,6-11,16H2/b5-3+. The summed E-state index contributed by atoms with van der Waals surface area (Å²) in [7, 11) is 0. The van der Waals surface area contributed by atoms with Gasteiger partial charge in [0.05, 0.1) is 18.3 Å². The van der Waals surface area contributed by atoms with Crippen LogP contribution in [0.25, 0.3) is 0 Å². The smallest absolute Gasteiger partial charge is 0.0991 e. The van der Waals surface area contributed by atoms with Gasteiger partial charge in [0.1, 0.15) is 0 Å². The van der Waals surface area contributed by atoms with E-state index in [9.17, 15) is 4.39 Å². The molecule has 2 heteroatoms. The van der Waals surface area contributed by atoms with Crippen LogP contribution < -0.4 is 0 Å². The van der Waals surface area contributed by atoms with Crippen molar-refractivity contribution in [2.75, 3.05) is 6.67 Å². The lowest BCUT2D eigenvalue weighted by molar-refractivity contribution is 0.296. The molecule has 1 aliphatic rings. The summed E-state index contributed by atoms with van der Waals surface area (Å²) in [6, 6.07) is 10.2. The third-order valence-electron chi connectivity index (χ3n) is 4.98. The highest BCUT2D eigenvalue weighted by Gasteiger charge is 2.19. The first-order valence-electron chi connectivity index (χ1n) is 9.03. The van der Waals surface area contributed by atoms with E-state index in [-0.39, 0.29) is 6.67 Å². The fourth-order valence-corrected chi connectivity index (χ4v) is 3.43. The fraction of sp³-hybridized carbons (Fsp3) is 0.571. The van der Waals surface area contributed by atoms with E-state index in [0.717, 1.165) is 36.7 Å². The number of rotatable bonds is 8. The number of aryl methyl sites for hydroxylation is 1. The largest absolute Gasteiger partial charge is 0.251 e. The first-order valence-corrected chi connectivity index (χ1v) is 9.03. The van der Waals surface area contributed by atoms with E-state index in [0.29, 0.717) is 6.42 Å². The van der Waals surface area contributed by atoms with Gasteiger partial charge >= 0.3 is 0 Å². The Morgan fingerprint density at radius 2 is 1.83 bits per heavy atom. The summed E-state index contributed by atoms with van der Waals surface area (Å²) >= 11 is 0. The number of allylic oxidation sites excluding steroid dienone is 2. The monoisotopic (exact) mass is 313 g/mol. The minimum atomic E-state index is -0.182. The van der Waals surface area contributed by atoms with E-state index in [1.807, 2.05) is 12.1 Å². The molecule has 0 atom stereocenters. The summed E-state index contributed by atoms with van der Waals surface area (Å²) in [4.78, 5) is 0. The Labute approximate surface area is 140 Å². The molecule has 0 unspecified atom stereocenters. The number of alkyl halides is 1. The Balaban J connectivity index is 1.63. The van der Waals surface area contributed by atoms with Crippen molar-refractivity contribution in [3.8, 4) is 6.07 Å². The van der Waals surface area contributed by atoms with Gasteiger partial charge in [-0.1, -0.05) is 24.3 Å². The van der Waals surface area contributed by atoms with Gasteiger partial charge in [-0.2, -0.15) is 5.26 Å². The predicted molar refractivity (Wildman–Crippen MR) is 93.9 cm³/mol. The molecule has 0 amide bonds. The average Bonchev–Trinajstić information content (AvgIpc) is 2.61. The van der Waals surface area contributed by atoms with E-state index >= 15 is 0 Å². The molecule has 0 spiro atoms. The van der Waals surface area contributed by atoms with Gasteiger partial charge in [0.25, 0.3) is 0 Å². The molecule has 0 aliphatic heterocycles.